The Morgan fingerprint density at radius 3 is 2.29 bits per heavy atom. The average molecular weight is 197 g/mol. The van der Waals surface area contributed by atoms with E-state index in [1.54, 1.807) is 0 Å². The normalized spacial score (nSPS) is 21.2. The smallest absolute Gasteiger partial charge is 0.00951 e. The standard InChI is InChI=1S/C13H27N/c1-5-10-14-12(4)13(8-9-13)7-6-11(2)3/h11-12,14H,5-10H2,1-4H3. The van der Waals surface area contributed by atoms with Crippen molar-refractivity contribution in [2.75, 3.05) is 6.54 Å². The van der Waals surface area contributed by atoms with Crippen LogP contribution in [0.5, 0.6) is 0 Å². The molecule has 0 aromatic carbocycles. The highest BCUT2D eigenvalue weighted by atomic mass is 14.9. The van der Waals surface area contributed by atoms with Gasteiger partial charge in [0.05, 0.1) is 0 Å². The summed E-state index contributed by atoms with van der Waals surface area (Å²) in [6.07, 6.45) is 7.00. The van der Waals surface area contributed by atoms with Crippen LogP contribution in [0, 0.1) is 11.3 Å². The van der Waals surface area contributed by atoms with Crippen LogP contribution in [0.25, 0.3) is 0 Å². The molecular formula is C13H27N. The number of hydrogen-bond donors (Lipinski definition) is 1. The Morgan fingerprint density at radius 1 is 1.21 bits per heavy atom. The van der Waals surface area contributed by atoms with Crippen molar-refractivity contribution in [1.82, 2.24) is 5.32 Å². The van der Waals surface area contributed by atoms with Gasteiger partial charge in [-0.3, -0.25) is 0 Å². The van der Waals surface area contributed by atoms with Crippen molar-refractivity contribution < 1.29 is 0 Å². The van der Waals surface area contributed by atoms with E-state index in [0.717, 1.165) is 12.0 Å². The third-order valence-electron chi connectivity index (χ3n) is 3.73. The van der Waals surface area contributed by atoms with Crippen molar-refractivity contribution in [2.24, 2.45) is 11.3 Å². The molecule has 0 heterocycles. The number of nitrogens with one attached hydrogen (secondary N) is 1. The summed E-state index contributed by atoms with van der Waals surface area (Å²) in [7, 11) is 0. The molecule has 1 atom stereocenters. The molecular weight excluding hydrogens is 170 g/mol. The topological polar surface area (TPSA) is 12.0 Å². The quantitative estimate of drug-likeness (QED) is 0.657. The fourth-order valence-electron chi connectivity index (χ4n) is 2.21. The highest BCUT2D eigenvalue weighted by molar-refractivity contribution is 5.00. The Bertz CT molecular complexity index is 159. The second-order valence-electron chi connectivity index (χ2n) is 5.47. The van der Waals surface area contributed by atoms with Crippen molar-refractivity contribution >= 4 is 0 Å². The van der Waals surface area contributed by atoms with Crippen LogP contribution < -0.4 is 5.32 Å². The molecule has 1 rings (SSSR count). The van der Waals surface area contributed by atoms with E-state index >= 15 is 0 Å². The fourth-order valence-corrected chi connectivity index (χ4v) is 2.21. The Labute approximate surface area is 89.7 Å². The predicted octanol–water partition coefficient (Wildman–Crippen LogP) is 3.59. The van der Waals surface area contributed by atoms with Gasteiger partial charge < -0.3 is 5.32 Å². The first kappa shape index (κ1) is 12.0. The summed E-state index contributed by atoms with van der Waals surface area (Å²) in [5.74, 6) is 0.867. The van der Waals surface area contributed by atoms with Crippen LogP contribution >= 0.6 is 0 Å². The zero-order valence-corrected chi connectivity index (χ0v) is 10.4. The lowest BCUT2D eigenvalue weighted by atomic mass is 9.89. The number of hydrogen-bond acceptors (Lipinski definition) is 1. The van der Waals surface area contributed by atoms with Crippen LogP contribution in [-0.4, -0.2) is 12.6 Å². The molecule has 1 aliphatic carbocycles. The molecule has 1 N–H and O–H groups in total. The van der Waals surface area contributed by atoms with E-state index < -0.39 is 0 Å². The summed E-state index contributed by atoms with van der Waals surface area (Å²) < 4.78 is 0. The summed E-state index contributed by atoms with van der Waals surface area (Å²) >= 11 is 0. The molecule has 1 heteroatoms. The minimum absolute atomic E-state index is 0.680. The van der Waals surface area contributed by atoms with Gasteiger partial charge in [-0.15, -0.1) is 0 Å². The van der Waals surface area contributed by atoms with E-state index in [1.807, 2.05) is 0 Å². The van der Waals surface area contributed by atoms with Gasteiger partial charge in [0, 0.05) is 6.04 Å². The van der Waals surface area contributed by atoms with Crippen molar-refractivity contribution in [3.05, 3.63) is 0 Å². The SMILES string of the molecule is CCCNC(C)C1(CCC(C)C)CC1. The van der Waals surface area contributed by atoms with Crippen molar-refractivity contribution in [2.45, 2.75) is 65.8 Å². The van der Waals surface area contributed by atoms with Gasteiger partial charge in [-0.05, 0) is 50.5 Å². The van der Waals surface area contributed by atoms with E-state index in [2.05, 4.69) is 33.0 Å². The zero-order valence-electron chi connectivity index (χ0n) is 10.4. The maximum atomic E-state index is 3.66. The maximum Gasteiger partial charge on any atom is 0.00951 e. The van der Waals surface area contributed by atoms with Crippen LogP contribution in [0.1, 0.15) is 59.8 Å². The van der Waals surface area contributed by atoms with Gasteiger partial charge in [-0.1, -0.05) is 27.2 Å². The molecule has 0 spiro atoms. The Morgan fingerprint density at radius 2 is 1.86 bits per heavy atom. The molecule has 0 aromatic rings. The summed E-state index contributed by atoms with van der Waals surface area (Å²) in [4.78, 5) is 0. The van der Waals surface area contributed by atoms with Crippen LogP contribution in [0.2, 0.25) is 0 Å². The molecule has 0 saturated heterocycles. The fraction of sp³-hybridized carbons (Fsp3) is 1.00. The summed E-state index contributed by atoms with van der Waals surface area (Å²) in [6.45, 7) is 10.5. The second-order valence-corrected chi connectivity index (χ2v) is 5.47. The third kappa shape index (κ3) is 3.27. The minimum Gasteiger partial charge on any atom is -0.314 e. The highest BCUT2D eigenvalue weighted by Gasteiger charge is 2.46. The lowest BCUT2D eigenvalue weighted by Gasteiger charge is -2.25. The van der Waals surface area contributed by atoms with Crippen LogP contribution in [0.15, 0.2) is 0 Å². The summed E-state index contributed by atoms with van der Waals surface area (Å²) in [5.41, 5.74) is 0.680. The van der Waals surface area contributed by atoms with Gasteiger partial charge in [0.25, 0.3) is 0 Å². The largest absolute Gasteiger partial charge is 0.314 e. The predicted molar refractivity (Wildman–Crippen MR) is 63.5 cm³/mol. The van der Waals surface area contributed by atoms with Crippen LogP contribution in [-0.2, 0) is 0 Å². The maximum absolute atomic E-state index is 3.66. The lowest BCUT2D eigenvalue weighted by Crippen LogP contribution is -2.35. The van der Waals surface area contributed by atoms with Crippen LogP contribution in [0.4, 0.5) is 0 Å². The van der Waals surface area contributed by atoms with Gasteiger partial charge >= 0.3 is 0 Å². The van der Waals surface area contributed by atoms with Crippen molar-refractivity contribution in [3.8, 4) is 0 Å². The monoisotopic (exact) mass is 197 g/mol. The molecule has 0 amide bonds. The molecule has 1 fully saturated rings. The molecule has 1 nitrogen and oxygen atoms in total. The Hall–Kier alpha value is -0.0400. The zero-order chi connectivity index (χ0) is 10.6. The van der Waals surface area contributed by atoms with Gasteiger partial charge in [0.15, 0.2) is 0 Å². The van der Waals surface area contributed by atoms with Gasteiger partial charge in [-0.2, -0.15) is 0 Å². The second kappa shape index (κ2) is 5.16. The van der Waals surface area contributed by atoms with Gasteiger partial charge in [-0.25, -0.2) is 0 Å². The summed E-state index contributed by atoms with van der Waals surface area (Å²) in [5, 5.41) is 3.66. The van der Waals surface area contributed by atoms with E-state index in [-0.39, 0.29) is 0 Å². The molecule has 1 unspecified atom stereocenters. The van der Waals surface area contributed by atoms with Gasteiger partial charge in [0.2, 0.25) is 0 Å². The first-order valence-corrected chi connectivity index (χ1v) is 6.34. The molecule has 1 saturated carbocycles. The molecule has 0 aromatic heterocycles. The molecule has 1 aliphatic rings. The van der Waals surface area contributed by atoms with E-state index in [4.69, 9.17) is 0 Å². The Kier molecular flexibility index (Phi) is 4.43. The third-order valence-corrected chi connectivity index (χ3v) is 3.73. The van der Waals surface area contributed by atoms with Gasteiger partial charge in [0.1, 0.15) is 0 Å². The van der Waals surface area contributed by atoms with E-state index in [9.17, 15) is 0 Å². The van der Waals surface area contributed by atoms with Crippen LogP contribution in [0.3, 0.4) is 0 Å². The highest BCUT2D eigenvalue weighted by Crippen LogP contribution is 2.52. The Balaban J connectivity index is 2.26. The molecule has 0 radical (unpaired) electrons. The first-order chi connectivity index (χ1) is 6.60. The van der Waals surface area contributed by atoms with E-state index in [0.29, 0.717) is 5.41 Å². The average Bonchev–Trinajstić information content (AvgIpc) is 2.92. The molecule has 84 valence electrons. The lowest BCUT2D eigenvalue weighted by molar-refractivity contribution is 0.308. The molecule has 0 bridgehead atoms. The first-order valence-electron chi connectivity index (χ1n) is 6.34. The molecule has 0 aliphatic heterocycles. The number of rotatable bonds is 7. The summed E-state index contributed by atoms with van der Waals surface area (Å²) in [6, 6.07) is 0.737. The molecule has 14 heavy (non-hydrogen) atoms. The minimum atomic E-state index is 0.680. The van der Waals surface area contributed by atoms with Crippen molar-refractivity contribution in [3.63, 3.8) is 0 Å². The van der Waals surface area contributed by atoms with Crippen molar-refractivity contribution in [1.29, 1.82) is 0 Å². The van der Waals surface area contributed by atoms with E-state index in [1.165, 1.54) is 38.6 Å².